The van der Waals surface area contributed by atoms with Crippen LogP contribution in [-0.2, 0) is 23.0 Å². The highest BCUT2D eigenvalue weighted by molar-refractivity contribution is 7.88. The van der Waals surface area contributed by atoms with Crippen molar-refractivity contribution in [2.24, 2.45) is 0 Å². The van der Waals surface area contributed by atoms with Crippen LogP contribution in [0.3, 0.4) is 0 Å². The molecule has 1 atom stereocenters. The Morgan fingerprint density at radius 1 is 1.16 bits per heavy atom. The molecule has 2 rings (SSSR count). The molecule has 1 aliphatic carbocycles. The highest BCUT2D eigenvalue weighted by Gasteiger charge is 2.49. The molecule has 8 heteroatoms. The van der Waals surface area contributed by atoms with E-state index in [2.05, 4.69) is 36.8 Å². The summed E-state index contributed by atoms with van der Waals surface area (Å²) in [4.78, 5) is 2.30. The molecule has 0 radical (unpaired) electrons. The largest absolute Gasteiger partial charge is 0.534 e. The van der Waals surface area contributed by atoms with E-state index in [9.17, 15) is 21.6 Å². The summed E-state index contributed by atoms with van der Waals surface area (Å²) < 4.78 is 65.1. The summed E-state index contributed by atoms with van der Waals surface area (Å²) >= 11 is 0. The third-order valence-corrected chi connectivity index (χ3v) is 5.48. The van der Waals surface area contributed by atoms with Gasteiger partial charge < -0.3 is 4.18 Å². The number of benzene rings is 1. The lowest BCUT2D eigenvalue weighted by Gasteiger charge is -2.41. The Hall–Kier alpha value is -1.28. The molecule has 0 fully saturated rings. The standard InChI is InChI=1S/C17H24F3NO3S/c1-11(2)21(12(3)4)14-9-8-13-6-5-7-16(15(13)10-14)24-25(22,23)17(18,19)20/h5-7,11-12,14H,8-10H2,1-4H3/t14-/m1/s1. The zero-order valence-electron chi connectivity index (χ0n) is 14.8. The molecule has 0 spiro atoms. The molecule has 0 saturated heterocycles. The summed E-state index contributed by atoms with van der Waals surface area (Å²) in [5.74, 6) is -0.216. The van der Waals surface area contributed by atoms with Crippen LogP contribution in [0.5, 0.6) is 5.75 Å². The van der Waals surface area contributed by atoms with Gasteiger partial charge in [-0.05, 0) is 58.6 Å². The van der Waals surface area contributed by atoms with Crippen LogP contribution in [0.1, 0.15) is 45.2 Å². The van der Waals surface area contributed by atoms with Crippen molar-refractivity contribution in [3.8, 4) is 5.75 Å². The molecular formula is C17H24F3NO3S. The lowest BCUT2D eigenvalue weighted by atomic mass is 9.86. The van der Waals surface area contributed by atoms with Crippen molar-refractivity contribution in [3.63, 3.8) is 0 Å². The van der Waals surface area contributed by atoms with E-state index in [1.807, 2.05) is 6.07 Å². The Bertz CT molecular complexity index is 706. The van der Waals surface area contributed by atoms with Crippen LogP contribution in [0.15, 0.2) is 18.2 Å². The number of fused-ring (bicyclic) bond motifs is 1. The number of halogens is 3. The van der Waals surface area contributed by atoms with Crippen LogP contribution in [0.4, 0.5) is 13.2 Å². The van der Waals surface area contributed by atoms with E-state index < -0.39 is 15.6 Å². The molecule has 4 nitrogen and oxygen atoms in total. The number of rotatable bonds is 5. The van der Waals surface area contributed by atoms with Gasteiger partial charge in [0, 0.05) is 23.7 Å². The van der Waals surface area contributed by atoms with Gasteiger partial charge in [0.1, 0.15) is 5.75 Å². The fourth-order valence-electron chi connectivity index (χ4n) is 3.67. The molecule has 1 aromatic rings. The van der Waals surface area contributed by atoms with Gasteiger partial charge in [-0.15, -0.1) is 0 Å². The lowest BCUT2D eigenvalue weighted by Crippen LogP contribution is -2.47. The van der Waals surface area contributed by atoms with Gasteiger partial charge in [0.15, 0.2) is 0 Å². The second-order valence-electron chi connectivity index (χ2n) is 6.91. The maximum atomic E-state index is 12.6. The number of nitrogens with zero attached hydrogens (tertiary/aromatic N) is 1. The van der Waals surface area contributed by atoms with Crippen molar-refractivity contribution < 1.29 is 25.8 Å². The molecule has 1 aliphatic rings. The van der Waals surface area contributed by atoms with Crippen molar-refractivity contribution in [2.45, 2.75) is 70.6 Å². The van der Waals surface area contributed by atoms with E-state index in [4.69, 9.17) is 0 Å². The first-order chi connectivity index (χ1) is 11.4. The fourth-order valence-corrected chi connectivity index (χ4v) is 4.16. The Morgan fingerprint density at radius 3 is 2.28 bits per heavy atom. The monoisotopic (exact) mass is 379 g/mol. The van der Waals surface area contributed by atoms with E-state index in [1.165, 1.54) is 12.1 Å². The van der Waals surface area contributed by atoms with Gasteiger partial charge in [-0.1, -0.05) is 12.1 Å². The van der Waals surface area contributed by atoms with Crippen molar-refractivity contribution in [3.05, 3.63) is 29.3 Å². The molecule has 25 heavy (non-hydrogen) atoms. The topological polar surface area (TPSA) is 46.6 Å². The highest BCUT2D eigenvalue weighted by atomic mass is 32.2. The summed E-state index contributed by atoms with van der Waals surface area (Å²) in [6.45, 7) is 8.30. The first kappa shape index (κ1) is 20.0. The summed E-state index contributed by atoms with van der Waals surface area (Å²) in [5.41, 5.74) is -4.04. The van der Waals surface area contributed by atoms with Crippen LogP contribution < -0.4 is 4.18 Å². The average Bonchev–Trinajstić information content (AvgIpc) is 2.45. The summed E-state index contributed by atoms with van der Waals surface area (Å²) in [6, 6.07) is 5.32. The molecule has 142 valence electrons. The fraction of sp³-hybridized carbons (Fsp3) is 0.647. The van der Waals surface area contributed by atoms with Gasteiger partial charge in [-0.3, -0.25) is 4.90 Å². The van der Waals surface area contributed by atoms with Gasteiger partial charge in [0.05, 0.1) is 0 Å². The minimum absolute atomic E-state index is 0.130. The minimum atomic E-state index is -5.67. The molecule has 0 heterocycles. The normalized spacial score (nSPS) is 18.7. The Morgan fingerprint density at radius 2 is 1.76 bits per heavy atom. The summed E-state index contributed by atoms with van der Waals surface area (Å²) in [5, 5.41) is 0. The quantitative estimate of drug-likeness (QED) is 0.575. The zero-order valence-corrected chi connectivity index (χ0v) is 15.6. The third kappa shape index (κ3) is 4.28. The number of alkyl halides is 3. The second-order valence-corrected chi connectivity index (χ2v) is 8.45. The predicted molar refractivity (Wildman–Crippen MR) is 90.0 cm³/mol. The molecule has 0 aliphatic heterocycles. The van der Waals surface area contributed by atoms with Crippen molar-refractivity contribution >= 4 is 10.1 Å². The van der Waals surface area contributed by atoms with Crippen LogP contribution in [0.25, 0.3) is 0 Å². The first-order valence-electron chi connectivity index (χ1n) is 8.33. The van der Waals surface area contributed by atoms with E-state index >= 15 is 0 Å². The molecular weight excluding hydrogens is 355 g/mol. The molecule has 0 N–H and O–H groups in total. The van der Waals surface area contributed by atoms with Gasteiger partial charge >= 0.3 is 15.6 Å². The number of hydrogen-bond acceptors (Lipinski definition) is 4. The predicted octanol–water partition coefficient (Wildman–Crippen LogP) is 3.89. The smallest absolute Gasteiger partial charge is 0.376 e. The Kier molecular flexibility index (Phi) is 5.73. The highest BCUT2D eigenvalue weighted by Crippen LogP contribution is 2.35. The van der Waals surface area contributed by atoms with E-state index in [1.54, 1.807) is 0 Å². The van der Waals surface area contributed by atoms with Crippen LogP contribution in [0.2, 0.25) is 0 Å². The van der Waals surface area contributed by atoms with Crippen LogP contribution in [-0.4, -0.2) is 37.0 Å². The van der Waals surface area contributed by atoms with E-state index in [0.717, 1.165) is 12.0 Å². The van der Waals surface area contributed by atoms with E-state index in [-0.39, 0.29) is 23.9 Å². The van der Waals surface area contributed by atoms with E-state index in [0.29, 0.717) is 18.4 Å². The SMILES string of the molecule is CC(C)N(C(C)C)[C@@H]1CCc2cccc(OS(=O)(=O)C(F)(F)F)c2C1. The average molecular weight is 379 g/mol. The molecule has 0 saturated carbocycles. The van der Waals surface area contributed by atoms with Crippen molar-refractivity contribution in [1.82, 2.24) is 4.90 Å². The van der Waals surface area contributed by atoms with Crippen molar-refractivity contribution in [1.29, 1.82) is 0 Å². The third-order valence-electron chi connectivity index (χ3n) is 4.51. The Balaban J connectivity index is 2.35. The summed E-state index contributed by atoms with van der Waals surface area (Å²) in [6.07, 6.45) is 2.02. The lowest BCUT2D eigenvalue weighted by molar-refractivity contribution is -0.0500. The minimum Gasteiger partial charge on any atom is -0.376 e. The molecule has 0 bridgehead atoms. The number of aryl methyl sites for hydroxylation is 1. The van der Waals surface area contributed by atoms with Gasteiger partial charge in [-0.2, -0.15) is 21.6 Å². The van der Waals surface area contributed by atoms with Gasteiger partial charge in [0.2, 0.25) is 0 Å². The maximum absolute atomic E-state index is 12.6. The summed E-state index contributed by atoms with van der Waals surface area (Å²) in [7, 11) is -5.67. The van der Waals surface area contributed by atoms with Gasteiger partial charge in [0.25, 0.3) is 0 Å². The maximum Gasteiger partial charge on any atom is 0.534 e. The molecule has 0 aromatic heterocycles. The Labute approximate surface area is 147 Å². The molecule has 0 unspecified atom stereocenters. The van der Waals surface area contributed by atoms with Crippen LogP contribution >= 0.6 is 0 Å². The molecule has 1 aromatic carbocycles. The van der Waals surface area contributed by atoms with Gasteiger partial charge in [-0.25, -0.2) is 0 Å². The zero-order chi connectivity index (χ0) is 19.0. The van der Waals surface area contributed by atoms with Crippen molar-refractivity contribution in [2.75, 3.05) is 0 Å². The first-order valence-corrected chi connectivity index (χ1v) is 9.74. The number of hydrogen-bond donors (Lipinski definition) is 0. The molecule has 0 amide bonds. The second kappa shape index (κ2) is 7.15. The van der Waals surface area contributed by atoms with Crippen LogP contribution in [0, 0.1) is 0 Å².